The quantitative estimate of drug-likeness (QED) is 0.290. The topological polar surface area (TPSA) is 123 Å². The van der Waals surface area contributed by atoms with Crippen molar-refractivity contribution >= 4 is 40.7 Å². The molecule has 0 unspecified atom stereocenters. The number of nitro benzene ring substituents is 1. The fraction of sp³-hybridized carbons (Fsp3) is 0.0769. The van der Waals surface area contributed by atoms with E-state index in [4.69, 9.17) is 0 Å². The van der Waals surface area contributed by atoms with Crippen molar-refractivity contribution in [2.75, 3.05) is 7.11 Å². The molecule has 1 amide bonds. The first-order valence-corrected chi connectivity index (χ1v) is 6.95. The highest BCUT2D eigenvalue weighted by molar-refractivity contribution is 8.18. The number of thioether (sulfide) groups is 1. The molecule has 1 fully saturated rings. The molecular weight excluding hydrogens is 324 g/mol. The van der Waals surface area contributed by atoms with E-state index in [1.165, 1.54) is 31.5 Å². The molecule has 0 radical (unpaired) electrons. The Labute approximate surface area is 134 Å². The number of hydrogen-bond donors (Lipinski definition) is 1. The average Bonchev–Trinajstić information content (AvgIpc) is 2.87. The summed E-state index contributed by atoms with van der Waals surface area (Å²) in [6, 6.07) is 5.85. The van der Waals surface area contributed by atoms with Crippen molar-refractivity contribution in [3.05, 3.63) is 50.9 Å². The first-order chi connectivity index (χ1) is 11.0. The molecule has 9 nitrogen and oxygen atoms in total. The molecule has 1 aliphatic rings. The van der Waals surface area contributed by atoms with Crippen LogP contribution in [0.1, 0.15) is 5.56 Å². The van der Waals surface area contributed by atoms with Crippen LogP contribution in [0.2, 0.25) is 0 Å². The second-order valence-corrected chi connectivity index (χ2v) is 5.12. The van der Waals surface area contributed by atoms with Crippen LogP contribution < -0.4 is 5.32 Å². The largest absolute Gasteiger partial charge is 0.466 e. The van der Waals surface area contributed by atoms with Crippen molar-refractivity contribution in [1.82, 2.24) is 5.32 Å². The minimum absolute atomic E-state index is 0.0616. The summed E-state index contributed by atoms with van der Waals surface area (Å²) in [5.74, 6) is -1.13. The maximum atomic E-state index is 11.6. The van der Waals surface area contributed by atoms with Gasteiger partial charge in [0.1, 0.15) is 0 Å². The number of amides is 1. The van der Waals surface area contributed by atoms with E-state index in [0.29, 0.717) is 5.56 Å². The first kappa shape index (κ1) is 16.4. The van der Waals surface area contributed by atoms with E-state index in [1.54, 1.807) is 6.07 Å². The SMILES string of the molecule is COC(=O)/C=C1/S/C(=N\N=Cc2cccc([N+](=O)[O-])c2)NC1=O. The molecule has 10 heteroatoms. The molecular formula is C13H10N4O5S. The van der Waals surface area contributed by atoms with Gasteiger partial charge in [0.2, 0.25) is 0 Å². The monoisotopic (exact) mass is 334 g/mol. The highest BCUT2D eigenvalue weighted by Gasteiger charge is 2.24. The van der Waals surface area contributed by atoms with Crippen LogP contribution >= 0.6 is 11.8 Å². The number of non-ortho nitro benzene ring substituents is 1. The van der Waals surface area contributed by atoms with Crippen LogP contribution in [-0.4, -0.2) is 35.3 Å². The lowest BCUT2D eigenvalue weighted by molar-refractivity contribution is -0.384. The van der Waals surface area contributed by atoms with Crippen LogP contribution in [-0.2, 0) is 14.3 Å². The molecule has 23 heavy (non-hydrogen) atoms. The third kappa shape index (κ3) is 4.48. The summed E-state index contributed by atoms with van der Waals surface area (Å²) in [4.78, 5) is 32.9. The maximum Gasteiger partial charge on any atom is 0.331 e. The molecule has 0 aliphatic carbocycles. The van der Waals surface area contributed by atoms with Crippen LogP contribution in [0, 0.1) is 10.1 Å². The van der Waals surface area contributed by atoms with Gasteiger partial charge in [-0.25, -0.2) is 4.79 Å². The third-order valence-electron chi connectivity index (χ3n) is 2.54. The lowest BCUT2D eigenvalue weighted by atomic mass is 10.2. The van der Waals surface area contributed by atoms with Gasteiger partial charge in [-0.05, 0) is 11.8 Å². The van der Waals surface area contributed by atoms with Crippen LogP contribution in [0.4, 0.5) is 5.69 Å². The van der Waals surface area contributed by atoms with Crippen LogP contribution in [0.25, 0.3) is 0 Å². The van der Waals surface area contributed by atoms with Gasteiger partial charge < -0.3 is 4.74 Å². The molecule has 1 aliphatic heterocycles. The summed E-state index contributed by atoms with van der Waals surface area (Å²) in [5.41, 5.74) is 0.427. The normalized spacial score (nSPS) is 17.7. The Bertz CT molecular complexity index is 756. The highest BCUT2D eigenvalue weighted by atomic mass is 32.2. The molecule has 1 aromatic carbocycles. The predicted molar refractivity (Wildman–Crippen MR) is 84.0 cm³/mol. The molecule has 0 spiro atoms. The van der Waals surface area contributed by atoms with Crippen molar-refractivity contribution in [2.45, 2.75) is 0 Å². The summed E-state index contributed by atoms with van der Waals surface area (Å²) in [6.45, 7) is 0. The van der Waals surface area contributed by atoms with Gasteiger partial charge in [-0.15, -0.1) is 5.10 Å². The number of benzene rings is 1. The van der Waals surface area contributed by atoms with Crippen LogP contribution in [0.5, 0.6) is 0 Å². The van der Waals surface area contributed by atoms with Crippen LogP contribution in [0.15, 0.2) is 45.4 Å². The first-order valence-electron chi connectivity index (χ1n) is 6.14. The predicted octanol–water partition coefficient (Wildman–Crippen LogP) is 1.20. The Morgan fingerprint density at radius 2 is 2.26 bits per heavy atom. The second kappa shape index (κ2) is 7.31. The lowest BCUT2D eigenvalue weighted by Gasteiger charge is -1.93. The zero-order valence-corrected chi connectivity index (χ0v) is 12.6. The molecule has 1 aromatic rings. The van der Waals surface area contributed by atoms with E-state index in [0.717, 1.165) is 17.8 Å². The number of amidine groups is 1. The van der Waals surface area contributed by atoms with Gasteiger partial charge in [-0.3, -0.25) is 20.2 Å². The molecule has 1 N–H and O–H groups in total. The number of esters is 1. The summed E-state index contributed by atoms with van der Waals surface area (Å²) < 4.78 is 4.43. The Balaban J connectivity index is 2.08. The Morgan fingerprint density at radius 1 is 1.48 bits per heavy atom. The van der Waals surface area contributed by atoms with Gasteiger partial charge in [0.15, 0.2) is 5.17 Å². The van der Waals surface area contributed by atoms with Crippen molar-refractivity contribution in [2.24, 2.45) is 10.2 Å². The summed E-state index contributed by atoms with van der Waals surface area (Å²) in [5, 5.41) is 20.8. The molecule has 0 aromatic heterocycles. The number of nitrogens with one attached hydrogen (secondary N) is 1. The number of carbonyl (C=O) groups excluding carboxylic acids is 2. The Morgan fingerprint density at radius 3 is 2.96 bits per heavy atom. The van der Waals surface area contributed by atoms with E-state index < -0.39 is 16.8 Å². The Kier molecular flexibility index (Phi) is 5.20. The second-order valence-electron chi connectivity index (χ2n) is 4.09. The van der Waals surface area contributed by atoms with E-state index >= 15 is 0 Å². The summed E-state index contributed by atoms with van der Waals surface area (Å²) in [6.07, 6.45) is 2.36. The van der Waals surface area contributed by atoms with Crippen LogP contribution in [0.3, 0.4) is 0 Å². The van der Waals surface area contributed by atoms with Crippen molar-refractivity contribution in [1.29, 1.82) is 0 Å². The molecule has 0 bridgehead atoms. The van der Waals surface area contributed by atoms with Gasteiger partial charge in [0.05, 0.1) is 23.2 Å². The third-order valence-corrected chi connectivity index (χ3v) is 3.44. The number of ether oxygens (including phenoxy) is 1. The van der Waals surface area contributed by atoms with E-state index in [-0.39, 0.29) is 15.8 Å². The molecule has 1 heterocycles. The van der Waals surface area contributed by atoms with Gasteiger partial charge in [-0.2, -0.15) is 5.10 Å². The van der Waals surface area contributed by atoms with Crippen molar-refractivity contribution < 1.29 is 19.2 Å². The minimum Gasteiger partial charge on any atom is -0.466 e. The number of hydrogen-bond acceptors (Lipinski definition) is 8. The van der Waals surface area contributed by atoms with Gasteiger partial charge >= 0.3 is 5.97 Å². The summed E-state index contributed by atoms with van der Waals surface area (Å²) >= 11 is 0.933. The number of methoxy groups -OCH3 is 1. The number of nitro groups is 1. The van der Waals surface area contributed by atoms with Crippen molar-refractivity contribution in [3.8, 4) is 0 Å². The van der Waals surface area contributed by atoms with Crippen molar-refractivity contribution in [3.63, 3.8) is 0 Å². The smallest absolute Gasteiger partial charge is 0.331 e. The van der Waals surface area contributed by atoms with Gasteiger partial charge in [0, 0.05) is 23.8 Å². The number of nitrogens with zero attached hydrogens (tertiary/aromatic N) is 3. The zero-order valence-electron chi connectivity index (χ0n) is 11.8. The zero-order chi connectivity index (χ0) is 16.8. The standard InChI is InChI=1S/C13H10N4O5S/c1-22-11(18)6-10-12(19)15-13(23-10)16-14-7-8-3-2-4-9(5-8)17(20)21/h2-7H,1H3,(H,15,16,19)/b10-6+,14-7?. The number of carbonyl (C=O) groups is 2. The van der Waals surface area contributed by atoms with Gasteiger partial charge in [0.25, 0.3) is 11.6 Å². The number of rotatable bonds is 4. The fourth-order valence-electron chi connectivity index (χ4n) is 1.51. The van der Waals surface area contributed by atoms with E-state index in [2.05, 4.69) is 20.3 Å². The van der Waals surface area contributed by atoms with E-state index in [1.807, 2.05) is 0 Å². The van der Waals surface area contributed by atoms with E-state index in [9.17, 15) is 19.7 Å². The lowest BCUT2D eigenvalue weighted by Crippen LogP contribution is -2.19. The minimum atomic E-state index is -0.649. The highest BCUT2D eigenvalue weighted by Crippen LogP contribution is 2.23. The summed E-state index contributed by atoms with van der Waals surface area (Å²) in [7, 11) is 1.20. The average molecular weight is 334 g/mol. The fourth-order valence-corrected chi connectivity index (χ4v) is 2.25. The maximum absolute atomic E-state index is 11.6. The molecule has 2 rings (SSSR count). The Hall–Kier alpha value is -3.01. The molecule has 118 valence electrons. The molecule has 0 atom stereocenters. The molecule has 1 saturated heterocycles. The van der Waals surface area contributed by atoms with Gasteiger partial charge in [-0.1, -0.05) is 12.1 Å². The molecule has 0 saturated carbocycles.